The molecule has 1 N–H and O–H groups in total. The highest BCUT2D eigenvalue weighted by Gasteiger charge is 2.30. The standard InChI is InChI=1S/C16H19NO3/c1-11-6-7-12(9-18)8-17(11)16(19)14-10-20-15-5-3-2-4-13(14)15/h2-5,10-12,18H,6-9H2,1H3. The Bertz CT molecular complexity index is 619. The van der Waals surface area contributed by atoms with Crippen molar-refractivity contribution < 1.29 is 14.3 Å². The summed E-state index contributed by atoms with van der Waals surface area (Å²) in [5.74, 6) is 0.189. The van der Waals surface area contributed by atoms with Gasteiger partial charge >= 0.3 is 0 Å². The average molecular weight is 273 g/mol. The van der Waals surface area contributed by atoms with Crippen LogP contribution in [0.15, 0.2) is 34.9 Å². The number of furan rings is 1. The Morgan fingerprint density at radius 1 is 1.40 bits per heavy atom. The molecule has 0 aliphatic carbocycles. The van der Waals surface area contributed by atoms with Gasteiger partial charge in [0.15, 0.2) is 0 Å². The van der Waals surface area contributed by atoms with Gasteiger partial charge in [0.2, 0.25) is 0 Å². The highest BCUT2D eigenvalue weighted by Crippen LogP contribution is 2.27. The molecule has 1 aromatic carbocycles. The average Bonchev–Trinajstić information content (AvgIpc) is 2.91. The lowest BCUT2D eigenvalue weighted by atomic mass is 9.93. The van der Waals surface area contributed by atoms with Gasteiger partial charge in [-0.05, 0) is 31.7 Å². The maximum atomic E-state index is 12.7. The molecule has 2 aromatic rings. The summed E-state index contributed by atoms with van der Waals surface area (Å²) in [5, 5.41) is 10.2. The first-order chi connectivity index (χ1) is 9.70. The van der Waals surface area contributed by atoms with E-state index in [9.17, 15) is 9.90 Å². The minimum absolute atomic E-state index is 0.000556. The molecule has 2 unspecified atom stereocenters. The molecule has 1 aromatic heterocycles. The summed E-state index contributed by atoms with van der Waals surface area (Å²) in [5.41, 5.74) is 1.35. The molecule has 0 radical (unpaired) electrons. The number of hydrogen-bond donors (Lipinski definition) is 1. The zero-order valence-corrected chi connectivity index (χ0v) is 11.6. The molecule has 0 saturated carbocycles. The number of para-hydroxylation sites is 1. The van der Waals surface area contributed by atoms with E-state index in [0.717, 1.165) is 23.8 Å². The summed E-state index contributed by atoms with van der Waals surface area (Å²) in [6.07, 6.45) is 3.46. The Morgan fingerprint density at radius 2 is 2.20 bits per heavy atom. The van der Waals surface area contributed by atoms with Crippen molar-refractivity contribution in [2.45, 2.75) is 25.8 Å². The Morgan fingerprint density at radius 3 is 3.00 bits per heavy atom. The Labute approximate surface area is 118 Å². The fourth-order valence-corrected chi connectivity index (χ4v) is 2.91. The quantitative estimate of drug-likeness (QED) is 0.915. The normalized spacial score (nSPS) is 23.2. The number of fused-ring (bicyclic) bond motifs is 1. The van der Waals surface area contributed by atoms with Crippen molar-refractivity contribution in [3.8, 4) is 0 Å². The monoisotopic (exact) mass is 273 g/mol. The van der Waals surface area contributed by atoms with Crippen LogP contribution in [-0.4, -0.2) is 35.1 Å². The van der Waals surface area contributed by atoms with Gasteiger partial charge in [-0.3, -0.25) is 4.79 Å². The molecular weight excluding hydrogens is 254 g/mol. The van der Waals surface area contributed by atoms with Gasteiger partial charge < -0.3 is 14.4 Å². The molecule has 1 amide bonds. The molecule has 106 valence electrons. The van der Waals surface area contributed by atoms with E-state index in [1.807, 2.05) is 29.2 Å². The van der Waals surface area contributed by atoms with Crippen molar-refractivity contribution in [2.24, 2.45) is 5.92 Å². The van der Waals surface area contributed by atoms with E-state index < -0.39 is 0 Å². The van der Waals surface area contributed by atoms with Crippen LogP contribution in [0, 0.1) is 5.92 Å². The summed E-state index contributed by atoms with van der Waals surface area (Å²) in [6, 6.07) is 7.78. The zero-order chi connectivity index (χ0) is 14.1. The van der Waals surface area contributed by atoms with Crippen LogP contribution in [0.2, 0.25) is 0 Å². The summed E-state index contributed by atoms with van der Waals surface area (Å²) in [4.78, 5) is 14.6. The van der Waals surface area contributed by atoms with Gasteiger partial charge in [-0.1, -0.05) is 18.2 Å². The molecule has 3 rings (SSSR count). The molecule has 0 bridgehead atoms. The molecule has 1 aliphatic heterocycles. The number of piperidine rings is 1. The Kier molecular flexibility index (Phi) is 3.49. The molecule has 2 atom stereocenters. The third-order valence-electron chi connectivity index (χ3n) is 4.21. The predicted molar refractivity (Wildman–Crippen MR) is 76.5 cm³/mol. The Hall–Kier alpha value is -1.81. The van der Waals surface area contributed by atoms with Crippen molar-refractivity contribution in [2.75, 3.05) is 13.2 Å². The van der Waals surface area contributed by atoms with Gasteiger partial charge in [-0.25, -0.2) is 0 Å². The highest BCUT2D eigenvalue weighted by molar-refractivity contribution is 6.06. The maximum Gasteiger partial charge on any atom is 0.257 e. The summed E-state index contributed by atoms with van der Waals surface area (Å²) < 4.78 is 5.45. The second-order valence-corrected chi connectivity index (χ2v) is 5.58. The first-order valence-electron chi connectivity index (χ1n) is 7.08. The maximum absolute atomic E-state index is 12.7. The van der Waals surface area contributed by atoms with Crippen LogP contribution in [0.25, 0.3) is 11.0 Å². The van der Waals surface area contributed by atoms with Gasteiger partial charge in [0.25, 0.3) is 5.91 Å². The number of nitrogens with zero attached hydrogens (tertiary/aromatic N) is 1. The van der Waals surface area contributed by atoms with Gasteiger partial charge in [0.05, 0.1) is 5.56 Å². The second-order valence-electron chi connectivity index (χ2n) is 5.58. The Balaban J connectivity index is 1.91. The molecule has 4 nitrogen and oxygen atoms in total. The van der Waals surface area contributed by atoms with Crippen LogP contribution < -0.4 is 0 Å². The summed E-state index contributed by atoms with van der Waals surface area (Å²) >= 11 is 0. The lowest BCUT2D eigenvalue weighted by Gasteiger charge is -2.37. The van der Waals surface area contributed by atoms with Gasteiger partial charge in [-0.15, -0.1) is 0 Å². The van der Waals surface area contributed by atoms with E-state index in [2.05, 4.69) is 6.92 Å². The van der Waals surface area contributed by atoms with Crippen molar-refractivity contribution in [3.05, 3.63) is 36.1 Å². The van der Waals surface area contributed by atoms with E-state index in [-0.39, 0.29) is 24.5 Å². The highest BCUT2D eigenvalue weighted by atomic mass is 16.3. The van der Waals surface area contributed by atoms with E-state index >= 15 is 0 Å². The van der Waals surface area contributed by atoms with Crippen LogP contribution >= 0.6 is 0 Å². The fourth-order valence-electron chi connectivity index (χ4n) is 2.91. The first kappa shape index (κ1) is 13.2. The van der Waals surface area contributed by atoms with E-state index in [0.29, 0.717) is 12.1 Å². The number of aliphatic hydroxyl groups is 1. The minimum Gasteiger partial charge on any atom is -0.463 e. The van der Waals surface area contributed by atoms with E-state index in [1.165, 1.54) is 0 Å². The molecule has 1 saturated heterocycles. The van der Waals surface area contributed by atoms with Crippen molar-refractivity contribution in [1.29, 1.82) is 0 Å². The van der Waals surface area contributed by atoms with Gasteiger partial charge in [0, 0.05) is 24.6 Å². The third kappa shape index (κ3) is 2.20. The van der Waals surface area contributed by atoms with Crippen molar-refractivity contribution >= 4 is 16.9 Å². The number of carbonyl (C=O) groups is 1. The molecule has 4 heteroatoms. The largest absolute Gasteiger partial charge is 0.463 e. The summed E-state index contributed by atoms with van der Waals surface area (Å²) in [6.45, 7) is 2.83. The number of hydrogen-bond acceptors (Lipinski definition) is 3. The lowest BCUT2D eigenvalue weighted by molar-refractivity contribution is 0.0490. The van der Waals surface area contributed by atoms with Gasteiger partial charge in [-0.2, -0.15) is 0 Å². The first-order valence-corrected chi connectivity index (χ1v) is 7.08. The van der Waals surface area contributed by atoms with Crippen LogP contribution in [0.5, 0.6) is 0 Å². The molecule has 0 spiro atoms. The smallest absolute Gasteiger partial charge is 0.257 e. The van der Waals surface area contributed by atoms with E-state index in [4.69, 9.17) is 4.42 Å². The van der Waals surface area contributed by atoms with Gasteiger partial charge in [0.1, 0.15) is 11.8 Å². The fraction of sp³-hybridized carbons (Fsp3) is 0.438. The van der Waals surface area contributed by atoms with Crippen molar-refractivity contribution in [3.63, 3.8) is 0 Å². The molecular formula is C16H19NO3. The predicted octanol–water partition coefficient (Wildman–Crippen LogP) is 2.67. The number of aliphatic hydroxyl groups excluding tert-OH is 1. The minimum atomic E-state index is 0.000556. The number of carbonyl (C=O) groups excluding carboxylic acids is 1. The SMILES string of the molecule is CC1CCC(CO)CN1C(=O)c1coc2ccccc12. The van der Waals surface area contributed by atoms with Crippen LogP contribution in [0.3, 0.4) is 0 Å². The molecule has 1 aliphatic rings. The number of rotatable bonds is 2. The molecule has 20 heavy (non-hydrogen) atoms. The third-order valence-corrected chi connectivity index (χ3v) is 4.21. The summed E-state index contributed by atoms with van der Waals surface area (Å²) in [7, 11) is 0. The van der Waals surface area contributed by atoms with Crippen LogP contribution in [0.4, 0.5) is 0 Å². The van der Waals surface area contributed by atoms with Crippen LogP contribution in [-0.2, 0) is 0 Å². The second kappa shape index (κ2) is 5.29. The zero-order valence-electron chi connectivity index (χ0n) is 11.6. The van der Waals surface area contributed by atoms with E-state index in [1.54, 1.807) is 6.26 Å². The van der Waals surface area contributed by atoms with Crippen molar-refractivity contribution in [1.82, 2.24) is 4.90 Å². The molecule has 1 fully saturated rings. The number of amides is 1. The topological polar surface area (TPSA) is 53.7 Å². The molecule has 2 heterocycles. The lowest BCUT2D eigenvalue weighted by Crippen LogP contribution is -2.46. The number of benzene rings is 1. The van der Waals surface area contributed by atoms with Crippen LogP contribution in [0.1, 0.15) is 30.1 Å². The number of likely N-dealkylation sites (tertiary alicyclic amines) is 1.